The van der Waals surface area contributed by atoms with Crippen molar-refractivity contribution in [3.05, 3.63) is 40.6 Å². The quantitative estimate of drug-likeness (QED) is 0.451. The van der Waals surface area contributed by atoms with Crippen molar-refractivity contribution in [2.24, 2.45) is 0 Å². The number of anilines is 1. The summed E-state index contributed by atoms with van der Waals surface area (Å²) in [6.07, 6.45) is 4.61. The Labute approximate surface area is 103 Å². The van der Waals surface area contributed by atoms with Crippen LogP contribution in [0.1, 0.15) is 12.2 Å². The maximum atomic E-state index is 10.4. The monoisotopic (exact) mass is 248 g/mol. The summed E-state index contributed by atoms with van der Waals surface area (Å²) in [7, 11) is 0. The molecule has 94 valence electrons. The lowest BCUT2D eigenvalue weighted by molar-refractivity contribution is -0.389. The Hall–Kier alpha value is -2.51. The Morgan fingerprint density at radius 1 is 1.39 bits per heavy atom. The van der Waals surface area contributed by atoms with Gasteiger partial charge in [-0.25, -0.2) is 4.98 Å². The van der Waals surface area contributed by atoms with Crippen LogP contribution >= 0.6 is 0 Å². The van der Waals surface area contributed by atoms with Crippen molar-refractivity contribution in [3.8, 4) is 0 Å². The first-order chi connectivity index (χ1) is 8.75. The maximum absolute atomic E-state index is 10.4. The van der Waals surface area contributed by atoms with E-state index in [2.05, 4.69) is 25.5 Å². The fourth-order valence-corrected chi connectivity index (χ4v) is 1.44. The SMILES string of the molecule is O=[N+]([O-])c1ccc(NCCCc2ncn[nH]2)cn1. The zero-order valence-corrected chi connectivity index (χ0v) is 9.54. The van der Waals surface area contributed by atoms with Crippen molar-refractivity contribution < 1.29 is 4.92 Å². The fourth-order valence-electron chi connectivity index (χ4n) is 1.44. The number of nitrogens with one attached hydrogen (secondary N) is 2. The van der Waals surface area contributed by atoms with E-state index in [1.165, 1.54) is 18.6 Å². The highest BCUT2D eigenvalue weighted by atomic mass is 16.6. The lowest BCUT2D eigenvalue weighted by Crippen LogP contribution is -2.04. The van der Waals surface area contributed by atoms with Crippen LogP contribution in [-0.2, 0) is 6.42 Å². The van der Waals surface area contributed by atoms with Gasteiger partial charge in [0.15, 0.2) is 6.20 Å². The van der Waals surface area contributed by atoms with Crippen LogP contribution in [0.4, 0.5) is 11.5 Å². The molecule has 0 unspecified atom stereocenters. The van der Waals surface area contributed by atoms with Crippen molar-refractivity contribution >= 4 is 11.5 Å². The minimum absolute atomic E-state index is 0.151. The third-order valence-corrected chi connectivity index (χ3v) is 2.32. The predicted octanol–water partition coefficient (Wildman–Crippen LogP) is 1.15. The number of aromatic amines is 1. The molecule has 0 aliphatic carbocycles. The van der Waals surface area contributed by atoms with Crippen LogP contribution < -0.4 is 5.32 Å². The van der Waals surface area contributed by atoms with E-state index in [-0.39, 0.29) is 5.82 Å². The molecule has 2 N–H and O–H groups in total. The van der Waals surface area contributed by atoms with Crippen LogP contribution in [-0.4, -0.2) is 31.6 Å². The van der Waals surface area contributed by atoms with Crippen LogP contribution in [0.3, 0.4) is 0 Å². The molecule has 0 saturated carbocycles. The molecule has 2 aromatic heterocycles. The van der Waals surface area contributed by atoms with Crippen LogP contribution in [0.2, 0.25) is 0 Å². The minimum atomic E-state index is -0.520. The molecule has 0 aliphatic heterocycles. The summed E-state index contributed by atoms with van der Waals surface area (Å²) in [6.45, 7) is 0.736. The summed E-state index contributed by atoms with van der Waals surface area (Å²) in [5, 5.41) is 20.1. The van der Waals surface area contributed by atoms with Gasteiger partial charge in [-0.2, -0.15) is 5.10 Å². The summed E-state index contributed by atoms with van der Waals surface area (Å²) in [5.74, 6) is 0.695. The normalized spacial score (nSPS) is 10.2. The zero-order valence-electron chi connectivity index (χ0n) is 9.54. The van der Waals surface area contributed by atoms with Gasteiger partial charge in [0.25, 0.3) is 0 Å². The number of rotatable bonds is 6. The smallest absolute Gasteiger partial charge is 0.363 e. The van der Waals surface area contributed by atoms with Gasteiger partial charge >= 0.3 is 5.82 Å². The van der Waals surface area contributed by atoms with Crippen molar-refractivity contribution in [2.45, 2.75) is 12.8 Å². The minimum Gasteiger partial charge on any atom is -0.382 e. The Morgan fingerprint density at radius 2 is 2.28 bits per heavy atom. The van der Waals surface area contributed by atoms with Crippen LogP contribution in [0.15, 0.2) is 24.7 Å². The van der Waals surface area contributed by atoms with E-state index in [9.17, 15) is 10.1 Å². The molecular weight excluding hydrogens is 236 g/mol. The molecule has 0 atom stereocenters. The van der Waals surface area contributed by atoms with Gasteiger partial charge < -0.3 is 15.4 Å². The number of nitrogens with zero attached hydrogens (tertiary/aromatic N) is 4. The van der Waals surface area contributed by atoms with Gasteiger partial charge in [-0.1, -0.05) is 0 Å². The highest BCUT2D eigenvalue weighted by Crippen LogP contribution is 2.11. The van der Waals surface area contributed by atoms with Gasteiger partial charge in [0.1, 0.15) is 12.2 Å². The molecule has 0 fully saturated rings. The number of aromatic nitrogens is 4. The van der Waals surface area contributed by atoms with Crippen molar-refractivity contribution in [1.82, 2.24) is 20.2 Å². The third-order valence-electron chi connectivity index (χ3n) is 2.32. The van der Waals surface area contributed by atoms with E-state index in [0.717, 1.165) is 30.9 Å². The molecule has 0 radical (unpaired) electrons. The van der Waals surface area contributed by atoms with Gasteiger partial charge in [0.05, 0.1) is 5.69 Å². The summed E-state index contributed by atoms with van der Waals surface area (Å²) < 4.78 is 0. The van der Waals surface area contributed by atoms with Crippen LogP contribution in [0.5, 0.6) is 0 Å². The Kier molecular flexibility index (Phi) is 3.79. The molecule has 0 spiro atoms. The van der Waals surface area contributed by atoms with Crippen LogP contribution in [0, 0.1) is 10.1 Å². The second kappa shape index (κ2) is 5.71. The van der Waals surface area contributed by atoms with E-state index < -0.39 is 4.92 Å². The number of nitro groups is 1. The largest absolute Gasteiger partial charge is 0.382 e. The van der Waals surface area contributed by atoms with E-state index in [4.69, 9.17) is 0 Å². The highest BCUT2D eigenvalue weighted by molar-refractivity contribution is 5.43. The molecule has 0 bridgehead atoms. The molecule has 0 aromatic carbocycles. The van der Waals surface area contributed by atoms with E-state index in [1.807, 2.05) is 0 Å². The van der Waals surface area contributed by atoms with E-state index in [1.54, 1.807) is 6.07 Å². The van der Waals surface area contributed by atoms with Gasteiger partial charge in [-0.15, -0.1) is 0 Å². The lowest BCUT2D eigenvalue weighted by Gasteiger charge is -2.03. The predicted molar refractivity (Wildman–Crippen MR) is 64.1 cm³/mol. The van der Waals surface area contributed by atoms with E-state index >= 15 is 0 Å². The first-order valence-corrected chi connectivity index (χ1v) is 5.44. The number of H-pyrrole nitrogens is 1. The highest BCUT2D eigenvalue weighted by Gasteiger charge is 2.05. The Morgan fingerprint density at radius 3 is 2.89 bits per heavy atom. The second-order valence-corrected chi connectivity index (χ2v) is 3.62. The molecular formula is C10H12N6O2. The standard InChI is InChI=1S/C10H12N6O2/c17-16(18)10-4-3-8(6-12-10)11-5-1-2-9-13-7-14-15-9/h3-4,6-7,11H,1-2,5H2,(H,13,14,15). The van der Waals surface area contributed by atoms with Crippen molar-refractivity contribution in [2.75, 3.05) is 11.9 Å². The van der Waals surface area contributed by atoms with Gasteiger partial charge in [-0.05, 0) is 22.4 Å². The summed E-state index contributed by atoms with van der Waals surface area (Å²) >= 11 is 0. The third kappa shape index (κ3) is 3.24. The maximum Gasteiger partial charge on any atom is 0.363 e. The average Bonchev–Trinajstić information content (AvgIpc) is 2.88. The molecule has 2 heterocycles. The second-order valence-electron chi connectivity index (χ2n) is 3.62. The average molecular weight is 248 g/mol. The molecule has 2 aromatic rings. The molecule has 0 aliphatic rings. The topological polar surface area (TPSA) is 110 Å². The molecule has 0 amide bonds. The van der Waals surface area contributed by atoms with Gasteiger partial charge in [0.2, 0.25) is 0 Å². The Bertz CT molecular complexity index is 496. The van der Waals surface area contributed by atoms with Gasteiger partial charge in [-0.3, -0.25) is 5.10 Å². The molecule has 8 nitrogen and oxygen atoms in total. The number of hydrogen-bond acceptors (Lipinski definition) is 6. The fraction of sp³-hybridized carbons (Fsp3) is 0.300. The molecule has 0 saturated heterocycles. The van der Waals surface area contributed by atoms with Crippen molar-refractivity contribution in [1.29, 1.82) is 0 Å². The molecule has 2 rings (SSSR count). The molecule has 8 heteroatoms. The first-order valence-electron chi connectivity index (χ1n) is 5.44. The summed E-state index contributed by atoms with van der Waals surface area (Å²) in [4.78, 5) is 17.6. The number of hydrogen-bond donors (Lipinski definition) is 2. The molecule has 18 heavy (non-hydrogen) atoms. The number of pyridine rings is 1. The lowest BCUT2D eigenvalue weighted by atomic mass is 10.3. The Balaban J connectivity index is 1.75. The van der Waals surface area contributed by atoms with E-state index in [0.29, 0.717) is 0 Å². The van der Waals surface area contributed by atoms with Gasteiger partial charge in [0, 0.05) is 19.0 Å². The summed E-state index contributed by atoms with van der Waals surface area (Å²) in [5.41, 5.74) is 0.762. The zero-order chi connectivity index (χ0) is 12.8. The summed E-state index contributed by atoms with van der Waals surface area (Å²) in [6, 6.07) is 3.01. The van der Waals surface area contributed by atoms with Crippen molar-refractivity contribution in [3.63, 3.8) is 0 Å². The number of aryl methyl sites for hydroxylation is 1. The van der Waals surface area contributed by atoms with Crippen LogP contribution in [0.25, 0.3) is 0 Å². The first kappa shape index (κ1) is 12.0.